The predicted molar refractivity (Wildman–Crippen MR) is 50.9 cm³/mol. The van der Waals surface area contributed by atoms with E-state index in [4.69, 9.17) is 5.73 Å². The van der Waals surface area contributed by atoms with Gasteiger partial charge in [0, 0.05) is 0 Å². The van der Waals surface area contributed by atoms with Gasteiger partial charge in [-0.15, -0.1) is 0 Å². The Bertz CT molecular complexity index is 340. The van der Waals surface area contributed by atoms with Crippen molar-refractivity contribution in [1.29, 1.82) is 0 Å². The number of carbonyl (C=O) groups is 3. The average molecular weight is 213 g/mol. The number of imide groups is 1. The maximum atomic E-state index is 11.4. The second-order valence-electron chi connectivity index (χ2n) is 2.97. The lowest BCUT2D eigenvalue weighted by atomic mass is 9.99. The quantitative estimate of drug-likeness (QED) is 0.262. The zero-order chi connectivity index (χ0) is 11.5. The molecule has 82 valence electrons. The Balaban J connectivity index is 2.77. The fourth-order valence-electron chi connectivity index (χ4n) is 1.14. The van der Waals surface area contributed by atoms with E-state index in [1.165, 1.54) is 0 Å². The lowest BCUT2D eigenvalue weighted by molar-refractivity contribution is -0.121. The predicted octanol–water partition coefficient (Wildman–Crippen LogP) is -1.37. The normalized spacial score (nSPS) is 25.1. The summed E-state index contributed by atoms with van der Waals surface area (Å²) in [4.78, 5) is 32.6. The van der Waals surface area contributed by atoms with Crippen LogP contribution in [0.3, 0.4) is 0 Å². The molecule has 0 aliphatic carbocycles. The Morgan fingerprint density at radius 1 is 1.67 bits per heavy atom. The van der Waals surface area contributed by atoms with Crippen molar-refractivity contribution in [3.63, 3.8) is 0 Å². The van der Waals surface area contributed by atoms with Gasteiger partial charge in [0.25, 0.3) is 5.91 Å². The highest BCUT2D eigenvalue weighted by Gasteiger charge is 2.43. The van der Waals surface area contributed by atoms with Crippen molar-refractivity contribution < 1.29 is 14.4 Å². The summed E-state index contributed by atoms with van der Waals surface area (Å²) >= 11 is 0. The van der Waals surface area contributed by atoms with Gasteiger partial charge in [-0.1, -0.05) is 6.92 Å². The number of hydrazone groups is 1. The molecule has 5 amide bonds. The van der Waals surface area contributed by atoms with Crippen LogP contribution >= 0.6 is 0 Å². The van der Waals surface area contributed by atoms with Gasteiger partial charge in [-0.2, -0.15) is 5.10 Å². The average Bonchev–Trinajstić information content (AvgIpc) is 2.41. The third-order valence-corrected chi connectivity index (χ3v) is 1.99. The van der Waals surface area contributed by atoms with Gasteiger partial charge in [0.1, 0.15) is 0 Å². The van der Waals surface area contributed by atoms with E-state index in [0.717, 1.165) is 6.21 Å². The Kier molecular flexibility index (Phi) is 2.88. The van der Waals surface area contributed by atoms with Crippen LogP contribution in [0.15, 0.2) is 5.10 Å². The SMILES string of the molecule is CC[C@]1(/C=N/NC(N)=O)NC(=O)NC1=O. The van der Waals surface area contributed by atoms with Crippen molar-refractivity contribution in [2.24, 2.45) is 10.8 Å². The third-order valence-electron chi connectivity index (χ3n) is 1.99. The summed E-state index contributed by atoms with van der Waals surface area (Å²) in [7, 11) is 0. The van der Waals surface area contributed by atoms with Gasteiger partial charge in [-0.3, -0.25) is 10.1 Å². The Hall–Kier alpha value is -2.12. The molecule has 8 heteroatoms. The fraction of sp³-hybridized carbons (Fsp3) is 0.429. The Labute approximate surface area is 85.3 Å². The molecule has 1 aliphatic rings. The second kappa shape index (κ2) is 3.95. The molecule has 1 atom stereocenters. The molecule has 0 aromatic carbocycles. The van der Waals surface area contributed by atoms with Crippen molar-refractivity contribution in [2.75, 3.05) is 0 Å². The van der Waals surface area contributed by atoms with Gasteiger partial charge in [0.2, 0.25) is 0 Å². The van der Waals surface area contributed by atoms with E-state index in [0.29, 0.717) is 6.42 Å². The van der Waals surface area contributed by atoms with Gasteiger partial charge in [-0.25, -0.2) is 15.0 Å². The Morgan fingerprint density at radius 3 is 2.73 bits per heavy atom. The lowest BCUT2D eigenvalue weighted by Crippen LogP contribution is -2.48. The van der Waals surface area contributed by atoms with Crippen LogP contribution < -0.4 is 21.8 Å². The number of primary amides is 1. The van der Waals surface area contributed by atoms with Crippen LogP contribution in [0.2, 0.25) is 0 Å². The second-order valence-corrected chi connectivity index (χ2v) is 2.97. The van der Waals surface area contributed by atoms with E-state index < -0.39 is 23.5 Å². The maximum Gasteiger partial charge on any atom is 0.332 e. The summed E-state index contributed by atoms with van der Waals surface area (Å²) in [6, 6.07) is -1.44. The van der Waals surface area contributed by atoms with Crippen molar-refractivity contribution >= 4 is 24.2 Å². The summed E-state index contributed by atoms with van der Waals surface area (Å²) in [5, 5.41) is 7.93. The van der Waals surface area contributed by atoms with Crippen molar-refractivity contribution in [2.45, 2.75) is 18.9 Å². The number of nitrogens with one attached hydrogen (secondary N) is 3. The lowest BCUT2D eigenvalue weighted by Gasteiger charge is -2.17. The molecule has 1 aliphatic heterocycles. The highest BCUT2D eigenvalue weighted by molar-refractivity contribution is 6.16. The first-order chi connectivity index (χ1) is 7.00. The molecule has 0 radical (unpaired) electrons. The number of urea groups is 2. The van der Waals surface area contributed by atoms with Crippen LogP contribution in [0.5, 0.6) is 0 Å². The van der Waals surface area contributed by atoms with E-state index in [2.05, 4.69) is 15.7 Å². The molecule has 1 fully saturated rings. The molecule has 1 saturated heterocycles. The first-order valence-corrected chi connectivity index (χ1v) is 4.23. The number of hydrogen-bond donors (Lipinski definition) is 4. The van der Waals surface area contributed by atoms with Gasteiger partial charge >= 0.3 is 12.1 Å². The number of amides is 5. The molecule has 0 aromatic heterocycles. The van der Waals surface area contributed by atoms with Crippen molar-refractivity contribution in [3.05, 3.63) is 0 Å². The van der Waals surface area contributed by atoms with Crippen molar-refractivity contribution in [1.82, 2.24) is 16.1 Å². The molecular weight excluding hydrogens is 202 g/mol. The fourth-order valence-corrected chi connectivity index (χ4v) is 1.14. The van der Waals surface area contributed by atoms with E-state index in [1.807, 2.05) is 5.43 Å². The molecule has 0 saturated carbocycles. The summed E-state index contributed by atoms with van der Waals surface area (Å²) < 4.78 is 0. The molecule has 0 bridgehead atoms. The van der Waals surface area contributed by atoms with Crippen LogP contribution in [-0.2, 0) is 4.79 Å². The molecular formula is C7H11N5O3. The first-order valence-electron chi connectivity index (χ1n) is 4.23. The topological polar surface area (TPSA) is 126 Å². The number of rotatable bonds is 3. The monoisotopic (exact) mass is 213 g/mol. The van der Waals surface area contributed by atoms with E-state index in [-0.39, 0.29) is 0 Å². The molecule has 0 spiro atoms. The number of hydrogen-bond acceptors (Lipinski definition) is 4. The van der Waals surface area contributed by atoms with E-state index in [1.54, 1.807) is 6.92 Å². The van der Waals surface area contributed by atoms with Gasteiger partial charge in [-0.05, 0) is 6.42 Å². The van der Waals surface area contributed by atoms with Crippen LogP contribution in [-0.4, -0.2) is 29.7 Å². The zero-order valence-corrected chi connectivity index (χ0v) is 8.03. The Morgan fingerprint density at radius 2 is 2.33 bits per heavy atom. The van der Waals surface area contributed by atoms with E-state index >= 15 is 0 Å². The van der Waals surface area contributed by atoms with Gasteiger partial charge in [0.05, 0.1) is 6.21 Å². The molecule has 0 aromatic rings. The van der Waals surface area contributed by atoms with Crippen LogP contribution in [0.25, 0.3) is 0 Å². The van der Waals surface area contributed by atoms with E-state index in [9.17, 15) is 14.4 Å². The van der Waals surface area contributed by atoms with Crippen LogP contribution in [0.1, 0.15) is 13.3 Å². The molecule has 1 rings (SSSR count). The van der Waals surface area contributed by atoms with Crippen molar-refractivity contribution in [3.8, 4) is 0 Å². The van der Waals surface area contributed by atoms with Gasteiger partial charge in [0.15, 0.2) is 5.54 Å². The smallest absolute Gasteiger partial charge is 0.332 e. The first kappa shape index (κ1) is 11.0. The molecule has 15 heavy (non-hydrogen) atoms. The summed E-state index contributed by atoms with van der Waals surface area (Å²) in [5.74, 6) is -0.509. The summed E-state index contributed by atoms with van der Waals surface area (Å²) in [5.41, 5.74) is 5.51. The number of carbonyl (C=O) groups excluding carboxylic acids is 3. The minimum Gasteiger partial charge on any atom is -0.350 e. The third kappa shape index (κ3) is 2.22. The number of nitrogens with two attached hydrogens (primary N) is 1. The molecule has 8 nitrogen and oxygen atoms in total. The molecule has 5 N–H and O–H groups in total. The highest BCUT2D eigenvalue weighted by atomic mass is 16.2. The van der Waals surface area contributed by atoms with Crippen LogP contribution in [0.4, 0.5) is 9.59 Å². The summed E-state index contributed by atoms with van der Waals surface area (Å²) in [6.45, 7) is 1.70. The standard InChI is InChI=1S/C7H11N5O3/c1-2-7(3-9-12-5(8)14)4(13)10-6(15)11-7/h3H,2H2,1H3,(H3,8,12,14)(H2,10,11,13,15)/b9-3+/t7-/m1/s1. The zero-order valence-electron chi connectivity index (χ0n) is 8.03. The van der Waals surface area contributed by atoms with Gasteiger partial charge < -0.3 is 11.1 Å². The molecule has 1 heterocycles. The molecule has 0 unspecified atom stereocenters. The summed E-state index contributed by atoms with van der Waals surface area (Å²) in [6.07, 6.45) is 1.45. The maximum absolute atomic E-state index is 11.4. The minimum absolute atomic E-state index is 0.314. The van der Waals surface area contributed by atoms with Crippen LogP contribution in [0, 0.1) is 0 Å². The number of nitrogens with zero attached hydrogens (tertiary/aromatic N) is 1. The highest BCUT2D eigenvalue weighted by Crippen LogP contribution is 2.12. The minimum atomic E-state index is -1.21. The largest absolute Gasteiger partial charge is 0.350 e.